The largest absolute Gasteiger partial charge is 0.296 e. The number of aromatic amines is 1. The van der Waals surface area contributed by atoms with E-state index >= 15 is 0 Å². The van der Waals surface area contributed by atoms with Crippen LogP contribution in [0.1, 0.15) is 39.2 Å². The predicted molar refractivity (Wildman–Crippen MR) is 77.4 cm³/mol. The first-order valence-corrected chi connectivity index (χ1v) is 7.56. The predicted octanol–water partition coefficient (Wildman–Crippen LogP) is 4.42. The molecule has 1 fully saturated rings. The lowest BCUT2D eigenvalue weighted by atomic mass is 9.92. The number of hydrogen-bond acceptors (Lipinski definition) is 3. The molecule has 1 saturated carbocycles. The standard InChI is InChI=1S/C13H17N3S2/c1-13(2)6-5-9(8-13)16-11(14-15-12(16)17)10-4-3-7-18-10/h3-4,7,9H,5-6,8H2,1-2H3,(H,15,17). The Labute approximate surface area is 116 Å². The van der Waals surface area contributed by atoms with Gasteiger partial charge in [-0.15, -0.1) is 11.3 Å². The summed E-state index contributed by atoms with van der Waals surface area (Å²) in [5, 5.41) is 9.44. The van der Waals surface area contributed by atoms with Gasteiger partial charge in [-0.1, -0.05) is 19.9 Å². The Balaban J connectivity index is 2.03. The topological polar surface area (TPSA) is 33.6 Å². The zero-order chi connectivity index (χ0) is 12.8. The van der Waals surface area contributed by atoms with E-state index in [1.54, 1.807) is 11.3 Å². The fraction of sp³-hybridized carbons (Fsp3) is 0.538. The minimum Gasteiger partial charge on any atom is -0.296 e. The molecule has 3 nitrogen and oxygen atoms in total. The third-order valence-electron chi connectivity index (χ3n) is 3.75. The van der Waals surface area contributed by atoms with Gasteiger partial charge in [0.15, 0.2) is 10.6 Å². The Morgan fingerprint density at radius 2 is 2.39 bits per heavy atom. The number of thiophene rings is 1. The highest BCUT2D eigenvalue weighted by Gasteiger charge is 2.33. The molecule has 2 heterocycles. The summed E-state index contributed by atoms with van der Waals surface area (Å²) in [6.07, 6.45) is 3.63. The van der Waals surface area contributed by atoms with E-state index in [1.165, 1.54) is 24.1 Å². The summed E-state index contributed by atoms with van der Waals surface area (Å²) in [5.41, 5.74) is 0.420. The molecule has 2 aromatic heterocycles. The minimum atomic E-state index is 0.420. The van der Waals surface area contributed by atoms with Crippen LogP contribution in [0.5, 0.6) is 0 Å². The van der Waals surface area contributed by atoms with E-state index in [2.05, 4.69) is 46.1 Å². The summed E-state index contributed by atoms with van der Waals surface area (Å²) < 4.78 is 2.97. The highest BCUT2D eigenvalue weighted by molar-refractivity contribution is 7.71. The van der Waals surface area contributed by atoms with Gasteiger partial charge in [-0.25, -0.2) is 0 Å². The van der Waals surface area contributed by atoms with Crippen LogP contribution in [0, 0.1) is 10.2 Å². The van der Waals surface area contributed by atoms with E-state index in [-0.39, 0.29) is 0 Å². The van der Waals surface area contributed by atoms with Gasteiger partial charge in [0.05, 0.1) is 4.88 Å². The van der Waals surface area contributed by atoms with Crippen molar-refractivity contribution >= 4 is 23.6 Å². The van der Waals surface area contributed by atoms with E-state index in [4.69, 9.17) is 12.2 Å². The molecule has 0 radical (unpaired) electrons. The number of rotatable bonds is 2. The smallest absolute Gasteiger partial charge is 0.195 e. The first kappa shape index (κ1) is 12.1. The molecule has 1 aliphatic rings. The van der Waals surface area contributed by atoms with E-state index in [0.717, 1.165) is 10.6 Å². The van der Waals surface area contributed by atoms with Crippen molar-refractivity contribution in [3.05, 3.63) is 22.3 Å². The third kappa shape index (κ3) is 2.06. The second-order valence-electron chi connectivity index (χ2n) is 5.76. The normalized spacial score (nSPS) is 22.4. The summed E-state index contributed by atoms with van der Waals surface area (Å²) in [6.45, 7) is 4.67. The van der Waals surface area contributed by atoms with Crippen LogP contribution in [0.2, 0.25) is 0 Å². The molecule has 1 atom stereocenters. The van der Waals surface area contributed by atoms with Crippen molar-refractivity contribution < 1.29 is 0 Å². The molecule has 96 valence electrons. The molecular weight excluding hydrogens is 262 g/mol. The van der Waals surface area contributed by atoms with Crippen molar-refractivity contribution in [2.24, 2.45) is 5.41 Å². The molecule has 2 aromatic rings. The van der Waals surface area contributed by atoms with Gasteiger partial charge in [0.25, 0.3) is 0 Å². The molecule has 1 N–H and O–H groups in total. The highest BCUT2D eigenvalue weighted by atomic mass is 32.1. The molecular formula is C13H17N3S2. The monoisotopic (exact) mass is 279 g/mol. The lowest BCUT2D eigenvalue weighted by molar-refractivity contribution is 0.358. The summed E-state index contributed by atoms with van der Waals surface area (Å²) >= 11 is 7.12. The van der Waals surface area contributed by atoms with Crippen molar-refractivity contribution in [3.8, 4) is 10.7 Å². The van der Waals surface area contributed by atoms with Crippen molar-refractivity contribution in [2.45, 2.75) is 39.2 Å². The first-order valence-electron chi connectivity index (χ1n) is 6.28. The van der Waals surface area contributed by atoms with Gasteiger partial charge in [0, 0.05) is 6.04 Å². The van der Waals surface area contributed by atoms with Gasteiger partial charge in [0.1, 0.15) is 0 Å². The van der Waals surface area contributed by atoms with Crippen LogP contribution in [0.15, 0.2) is 17.5 Å². The molecule has 1 unspecified atom stereocenters. The Bertz CT molecular complexity index is 592. The fourth-order valence-electron chi connectivity index (χ4n) is 2.84. The molecule has 0 amide bonds. The van der Waals surface area contributed by atoms with Crippen molar-refractivity contribution in [1.29, 1.82) is 0 Å². The van der Waals surface area contributed by atoms with Crippen LogP contribution < -0.4 is 0 Å². The lowest BCUT2D eigenvalue weighted by Gasteiger charge is -2.18. The van der Waals surface area contributed by atoms with Gasteiger partial charge in [-0.05, 0) is 48.3 Å². The molecule has 3 rings (SSSR count). The third-order valence-corrected chi connectivity index (χ3v) is 4.91. The maximum Gasteiger partial charge on any atom is 0.195 e. The molecule has 0 aromatic carbocycles. The number of H-pyrrole nitrogens is 1. The minimum absolute atomic E-state index is 0.420. The van der Waals surface area contributed by atoms with E-state index < -0.39 is 0 Å². The number of nitrogens with zero attached hydrogens (tertiary/aromatic N) is 2. The first-order chi connectivity index (χ1) is 8.57. The number of hydrogen-bond donors (Lipinski definition) is 1. The van der Waals surface area contributed by atoms with Gasteiger partial charge < -0.3 is 0 Å². The van der Waals surface area contributed by atoms with Crippen LogP contribution in [-0.2, 0) is 0 Å². The average molecular weight is 279 g/mol. The van der Waals surface area contributed by atoms with Crippen LogP contribution in [-0.4, -0.2) is 14.8 Å². The molecule has 1 aliphatic carbocycles. The van der Waals surface area contributed by atoms with Crippen molar-refractivity contribution in [3.63, 3.8) is 0 Å². The number of aromatic nitrogens is 3. The summed E-state index contributed by atoms with van der Waals surface area (Å²) in [6, 6.07) is 4.65. The van der Waals surface area contributed by atoms with Gasteiger partial charge in [-0.2, -0.15) is 5.10 Å². The molecule has 0 aliphatic heterocycles. The zero-order valence-electron chi connectivity index (χ0n) is 10.6. The van der Waals surface area contributed by atoms with Gasteiger partial charge >= 0.3 is 0 Å². The van der Waals surface area contributed by atoms with Crippen molar-refractivity contribution in [1.82, 2.24) is 14.8 Å². The number of nitrogens with one attached hydrogen (secondary N) is 1. The second-order valence-corrected chi connectivity index (χ2v) is 7.09. The second kappa shape index (κ2) is 4.31. The Kier molecular flexibility index (Phi) is 2.90. The molecule has 18 heavy (non-hydrogen) atoms. The maximum atomic E-state index is 5.41. The summed E-state index contributed by atoms with van der Waals surface area (Å²) in [5.74, 6) is 0.998. The Hall–Kier alpha value is -0.940. The Morgan fingerprint density at radius 1 is 1.56 bits per heavy atom. The zero-order valence-corrected chi connectivity index (χ0v) is 12.3. The molecule has 0 bridgehead atoms. The molecule has 5 heteroatoms. The van der Waals surface area contributed by atoms with Crippen LogP contribution in [0.3, 0.4) is 0 Å². The Morgan fingerprint density at radius 3 is 3.00 bits per heavy atom. The average Bonchev–Trinajstić information content (AvgIpc) is 2.97. The maximum absolute atomic E-state index is 5.41. The highest BCUT2D eigenvalue weighted by Crippen LogP contribution is 2.44. The quantitative estimate of drug-likeness (QED) is 0.826. The van der Waals surface area contributed by atoms with Crippen LogP contribution in [0.25, 0.3) is 10.7 Å². The van der Waals surface area contributed by atoms with E-state index in [1.807, 2.05) is 0 Å². The van der Waals surface area contributed by atoms with Gasteiger partial charge in [-0.3, -0.25) is 9.67 Å². The van der Waals surface area contributed by atoms with E-state index in [0.29, 0.717) is 11.5 Å². The fourth-order valence-corrected chi connectivity index (χ4v) is 3.83. The molecule has 0 saturated heterocycles. The van der Waals surface area contributed by atoms with Gasteiger partial charge in [0.2, 0.25) is 0 Å². The summed E-state index contributed by atoms with van der Waals surface area (Å²) in [7, 11) is 0. The summed E-state index contributed by atoms with van der Waals surface area (Å²) in [4.78, 5) is 1.19. The lowest BCUT2D eigenvalue weighted by Crippen LogP contribution is -2.10. The van der Waals surface area contributed by atoms with E-state index in [9.17, 15) is 0 Å². The molecule has 0 spiro atoms. The van der Waals surface area contributed by atoms with Crippen LogP contribution >= 0.6 is 23.6 Å². The van der Waals surface area contributed by atoms with Crippen LogP contribution in [0.4, 0.5) is 0 Å². The van der Waals surface area contributed by atoms with Crippen molar-refractivity contribution in [2.75, 3.05) is 0 Å². The SMILES string of the molecule is CC1(C)CCC(n2c(-c3cccs3)n[nH]c2=S)C1.